The van der Waals surface area contributed by atoms with E-state index in [2.05, 4.69) is 29.8 Å². The van der Waals surface area contributed by atoms with Crippen LogP contribution in [0.2, 0.25) is 0 Å². The Bertz CT molecular complexity index is 4650. The Labute approximate surface area is 667 Å². The molecule has 112 heavy (non-hydrogen) atoms. The molecule has 2 fully saturated rings. The van der Waals surface area contributed by atoms with Crippen LogP contribution in [-0.4, -0.2) is 153 Å². The summed E-state index contributed by atoms with van der Waals surface area (Å²) < 4.78 is 35.8. The van der Waals surface area contributed by atoms with Crippen molar-refractivity contribution in [3.05, 3.63) is 97.6 Å². The van der Waals surface area contributed by atoms with E-state index in [-0.39, 0.29) is 111 Å². The van der Waals surface area contributed by atoms with Crippen LogP contribution >= 0.6 is 19.2 Å². The monoisotopic (exact) mass is 1650 g/mol. The number of primary amides is 6. The van der Waals surface area contributed by atoms with Gasteiger partial charge < -0.3 is 52.2 Å². The maximum atomic E-state index is 14.5. The van der Waals surface area contributed by atoms with Crippen LogP contribution in [0, 0.1) is 83.3 Å². The number of amides is 7. The summed E-state index contributed by atoms with van der Waals surface area (Å²) in [6.45, 7) is 23.5. The second-order valence-corrected chi connectivity index (χ2v) is 34.6. The fourth-order valence-electron chi connectivity index (χ4n) is 17.5. The molecule has 2 unspecified atom stereocenters. The number of hydrogen-bond donors (Lipinski definition) is 11. The molecular formula is C75H105ClCoN18O15PS. The number of aliphatic hydroxyl groups excluding tert-OH is 3. The van der Waals surface area contributed by atoms with E-state index < -0.39 is 143 Å². The molecule has 33 nitrogen and oxygen atoms in total. The van der Waals surface area contributed by atoms with Crippen molar-refractivity contribution < 1.29 is 104 Å². The molecule has 0 radical (unpaired) electrons. The molecule has 3 aromatic heterocycles. The minimum Gasteiger partial charge on any atom is -1.00 e. The first-order valence-corrected chi connectivity index (χ1v) is 40.1. The van der Waals surface area contributed by atoms with Crippen LogP contribution in [0.25, 0.3) is 11.0 Å². The molecule has 612 valence electrons. The summed E-state index contributed by atoms with van der Waals surface area (Å²) in [5, 5.41) is 46.9. The number of halogens is 1. The summed E-state index contributed by atoms with van der Waals surface area (Å²) in [5.41, 5.74) is 46.4. The molecule has 9 heterocycles. The Balaban J connectivity index is 0.000000723. The van der Waals surface area contributed by atoms with Gasteiger partial charge in [0.1, 0.15) is 30.0 Å². The molecule has 7 amide bonds. The van der Waals surface area contributed by atoms with Gasteiger partial charge in [0.25, 0.3) is 7.82 Å². The van der Waals surface area contributed by atoms with Crippen LogP contribution in [0.5, 0.6) is 0 Å². The number of rotatable bonds is 31. The summed E-state index contributed by atoms with van der Waals surface area (Å²) in [4.78, 5) is 138. The van der Waals surface area contributed by atoms with E-state index in [4.69, 9.17) is 74.0 Å². The van der Waals surface area contributed by atoms with Crippen molar-refractivity contribution >= 4 is 94.5 Å². The number of carbonyl (C=O) groups excluding carboxylic acids is 7. The number of nitrogens with zero attached hydrogens (tertiary/aromatic N) is 10. The number of benzene rings is 1. The van der Waals surface area contributed by atoms with Gasteiger partial charge >= 0.3 is 417 Å². The average molecular weight is 1660 g/mol. The van der Waals surface area contributed by atoms with Crippen LogP contribution in [0.4, 0.5) is 5.82 Å². The van der Waals surface area contributed by atoms with Crippen molar-refractivity contribution in [3.63, 3.8) is 0 Å². The molecular weight excluding hydrogens is 1550 g/mol. The fraction of sp³-hybridized carbons (Fsp3) is 0.587. The third-order valence-electron chi connectivity index (χ3n) is 23.7. The zero-order valence-corrected chi connectivity index (χ0v) is 68.9. The molecule has 15 atom stereocenters. The number of ether oxygens (including phenoxy) is 1. The van der Waals surface area contributed by atoms with E-state index in [1.165, 1.54) is 22.7 Å². The van der Waals surface area contributed by atoms with Crippen molar-refractivity contribution in [2.75, 3.05) is 25.5 Å². The quantitative estimate of drug-likeness (QED) is 0.0239. The number of nitriles is 1. The van der Waals surface area contributed by atoms with E-state index >= 15 is 0 Å². The van der Waals surface area contributed by atoms with Gasteiger partial charge in [0.05, 0.1) is 34.4 Å². The smallest absolute Gasteiger partial charge is 1.00 e. The topological polar surface area (TPSA) is 554 Å². The number of anilines is 1. The number of aryl methyl sites for hydroxylation is 3. The molecule has 6 aliphatic rings. The minimum atomic E-state index is -5.35. The summed E-state index contributed by atoms with van der Waals surface area (Å²) in [6.07, 6.45) is -2.91. The van der Waals surface area contributed by atoms with Gasteiger partial charge in [-0.1, -0.05) is 11.3 Å². The van der Waals surface area contributed by atoms with Crippen molar-refractivity contribution in [2.45, 2.75) is 216 Å². The molecule has 1 aromatic carbocycles. The van der Waals surface area contributed by atoms with Gasteiger partial charge in [-0.3, -0.25) is 4.57 Å². The van der Waals surface area contributed by atoms with Crippen LogP contribution in [0.1, 0.15) is 172 Å². The zero-order valence-electron chi connectivity index (χ0n) is 65.4. The molecule has 0 spiro atoms. The first-order chi connectivity index (χ1) is 51.9. The third-order valence-corrected chi connectivity index (χ3v) is 27.0. The number of aromatic nitrogens is 5. The number of allylic oxidation sites excluding steroid dienone is 6. The van der Waals surface area contributed by atoms with Gasteiger partial charge in [-0.05, 0) is 44.0 Å². The van der Waals surface area contributed by atoms with Crippen LogP contribution in [0.3, 0.4) is 0 Å². The van der Waals surface area contributed by atoms with E-state index in [0.717, 1.165) is 22.4 Å². The third kappa shape index (κ3) is 18.0. The van der Waals surface area contributed by atoms with E-state index in [0.29, 0.717) is 81.0 Å². The van der Waals surface area contributed by atoms with E-state index in [9.17, 15) is 58.5 Å². The van der Waals surface area contributed by atoms with Crippen molar-refractivity contribution in [1.29, 1.82) is 5.26 Å². The number of nitrogens with two attached hydrogens (primary N) is 7. The molecule has 6 aliphatic heterocycles. The Kier molecular flexibility index (Phi) is 28.1. The summed E-state index contributed by atoms with van der Waals surface area (Å²) in [6, 6.07) is 2.56. The normalized spacial score (nSPS) is 29.6. The Morgan fingerprint density at radius 3 is 2.04 bits per heavy atom. The van der Waals surface area contributed by atoms with Crippen LogP contribution in [0.15, 0.2) is 79.5 Å². The second-order valence-electron chi connectivity index (χ2n) is 31.5. The number of phosphoric ester groups is 1. The van der Waals surface area contributed by atoms with Gasteiger partial charge in [0, 0.05) is 26.1 Å². The standard InChI is InChI=1S/C62H90N13O14P.C12H17N4OS.CN.ClH.Co/c1-29-20-39-40(21-30(29)2)75(28-70-39)57-52(84)53(41(27-76)87-57)89-90(85,86)88-31(3)26-69-49(83)18-19-59(8)37(22-46(66)80)56-62(11)61(10,25-48(68)82)36(14-17-45(65)79)51(74-62)33(5)55-60(9,24-47(67)81)34(12-15-43(63)77)38(71-55)23-42-58(6,7)35(13-16-44(64)78)50(72-42)32(4)54(59)73-56;1-8-11(3-4-17)18-7-16(8)6-10-5-14-9(2)15-12(10)13;1-2;;/h20-21,23,28,31,34-37,41,52-53,56-57,76,84H,12-19,22,24-27H2,1-11H3,(H15,63,64,65,66,67,68,69,71,72,73,74,77,78,79,80,81,82,83,85,86);5,7,17H,3-4,6H2,1-2H3,(H2,13,14,15);;1H;/q;+1;;;+2/p-3/t31?,34-,35-,36-,37+,41-,52-,53-,56-,57+,59-,60+,61+,62+;;;;/m1..../s1. The summed E-state index contributed by atoms with van der Waals surface area (Å²) in [7, 11) is -5.35. The first kappa shape index (κ1) is 89.3. The van der Waals surface area contributed by atoms with E-state index in [1.54, 1.807) is 55.3 Å². The van der Waals surface area contributed by atoms with Crippen molar-refractivity contribution in [1.82, 2.24) is 28.8 Å². The molecule has 0 saturated carbocycles. The predicted octanol–water partition coefficient (Wildman–Crippen LogP) is 0.334. The number of aliphatic imine (C=N–C) groups is 3. The van der Waals surface area contributed by atoms with Crippen molar-refractivity contribution in [3.8, 4) is 5.00 Å². The fourth-order valence-corrected chi connectivity index (χ4v) is 20.8. The van der Waals surface area contributed by atoms with Crippen LogP contribution in [-0.2, 0) is 79.8 Å². The van der Waals surface area contributed by atoms with Gasteiger partial charge in [0.15, 0.2) is 18.5 Å². The number of nitrogens with one attached hydrogen (secondary N) is 1. The molecule has 10 rings (SSSR count). The van der Waals surface area contributed by atoms with Crippen LogP contribution < -0.4 is 67.3 Å². The Morgan fingerprint density at radius 2 is 1.46 bits per heavy atom. The minimum absolute atomic E-state index is 0. The van der Waals surface area contributed by atoms with Gasteiger partial charge in [-0.15, -0.1) is 0 Å². The molecule has 18 N–H and O–H groups in total. The first-order valence-electron chi connectivity index (χ1n) is 36.8. The predicted molar refractivity (Wildman–Crippen MR) is 406 cm³/mol. The maximum absolute atomic E-state index is 14.5. The van der Waals surface area contributed by atoms with Gasteiger partial charge in [-0.2, -0.15) is 4.57 Å². The number of aliphatic hydroxyl groups is 3. The number of nitrogen functional groups attached to an aromatic ring is 1. The molecule has 2 saturated heterocycles. The zero-order chi connectivity index (χ0) is 82.1. The number of thiazole rings is 1. The number of fused-ring (bicyclic) bond motifs is 7. The molecule has 0 aliphatic carbocycles. The summed E-state index contributed by atoms with van der Waals surface area (Å²) >= 11 is 1.67. The SMILES string of the molecule is C/C1=C2N=C(/C=C3N=C(/C(C)=C4/[C@@H](CCC(N)=O)[C@](C)(CC(N)=O)[C@](C)([C@@H]5N=C1[C@](C)(CCC(=O)NCC(C)OP(=O)([O-])O[C@H]1[C@@H](O)[C@@H](n6cnc7cc(C)c(C)cc76)O[C@@H]1CO)[C@H]5CC(N)=O)[N]4[Co+][C]#N)[C@@](C)(CC(N)=O)[C@@H]\3CCC(N)=O)C(C)(C)[C@@H]/2CCC(N)=O.Cc1ncc(C[n+]2csc(CCO)c2C)c(N)n1.[Cl-]. The Hall–Kier alpha value is -8.24. The van der Waals surface area contributed by atoms with Gasteiger partial charge in [0.2, 0.25) is 5.51 Å². The Morgan fingerprint density at radius 1 is 0.830 bits per heavy atom. The number of carbonyl (C=O) groups is 7. The average Bonchev–Trinajstić information content (AvgIpc) is 1.51. The number of imidazole rings is 1. The second kappa shape index (κ2) is 35.2. The molecule has 4 aromatic rings. The molecule has 8 bridgehead atoms. The molecule has 37 heteroatoms. The number of hydrogen-bond acceptors (Lipinski definition) is 25. The number of phosphoric acid groups is 1. The van der Waals surface area contributed by atoms with E-state index in [1.807, 2.05) is 73.0 Å². The summed E-state index contributed by atoms with van der Waals surface area (Å²) in [5.74, 6) is -6.66. The van der Waals surface area contributed by atoms with Crippen molar-refractivity contribution in [2.24, 2.45) is 94.7 Å². The van der Waals surface area contributed by atoms with Gasteiger partial charge in [-0.25, -0.2) is 15.0 Å².